The van der Waals surface area contributed by atoms with Crippen molar-refractivity contribution in [2.45, 2.75) is 79.7 Å². The van der Waals surface area contributed by atoms with Gasteiger partial charge >= 0.3 is 5.97 Å². The van der Waals surface area contributed by atoms with Gasteiger partial charge < -0.3 is 19.5 Å². The highest BCUT2D eigenvalue weighted by Gasteiger charge is 2.20. The van der Waals surface area contributed by atoms with Gasteiger partial charge in [-0.2, -0.15) is 0 Å². The number of aryl methyl sites for hydroxylation is 4. The zero-order valence-electron chi connectivity index (χ0n) is 22.8. The first kappa shape index (κ1) is 28.3. The monoisotopic (exact) mass is 481 g/mol. The van der Waals surface area contributed by atoms with Gasteiger partial charge in [-0.1, -0.05) is 26.2 Å². The number of hydrogen-bond donors (Lipinski definition) is 1. The van der Waals surface area contributed by atoms with Gasteiger partial charge in [-0.25, -0.2) is 4.79 Å². The Hall–Kier alpha value is -2.95. The average Bonchev–Trinajstić information content (AvgIpc) is 2.79. The Kier molecular flexibility index (Phi) is 11.2. The van der Waals surface area contributed by atoms with E-state index in [9.17, 15) is 4.79 Å². The molecular formula is C30H43NO4. The molecule has 1 N–H and O–H groups in total. The molecule has 0 aliphatic carbocycles. The molecule has 2 aromatic rings. The van der Waals surface area contributed by atoms with Crippen LogP contribution >= 0.6 is 0 Å². The van der Waals surface area contributed by atoms with E-state index in [0.29, 0.717) is 6.61 Å². The van der Waals surface area contributed by atoms with Crippen molar-refractivity contribution in [1.29, 1.82) is 0 Å². The van der Waals surface area contributed by atoms with Crippen molar-refractivity contribution < 1.29 is 19.0 Å². The molecule has 192 valence electrons. The van der Waals surface area contributed by atoms with E-state index in [0.717, 1.165) is 69.8 Å². The normalized spacial score (nSPS) is 11.5. The first-order valence-corrected chi connectivity index (χ1v) is 12.7. The topological polar surface area (TPSA) is 56.8 Å². The largest absolute Gasteiger partial charge is 0.496 e. The van der Waals surface area contributed by atoms with Crippen molar-refractivity contribution in [3.8, 4) is 11.5 Å². The van der Waals surface area contributed by atoms with Crippen molar-refractivity contribution in [3.63, 3.8) is 0 Å². The van der Waals surface area contributed by atoms with Crippen LogP contribution < -0.4 is 14.8 Å². The molecule has 5 nitrogen and oxygen atoms in total. The van der Waals surface area contributed by atoms with E-state index in [1.54, 1.807) is 20.3 Å². The minimum atomic E-state index is -0.312. The van der Waals surface area contributed by atoms with E-state index in [2.05, 4.69) is 64.2 Å². The first-order chi connectivity index (χ1) is 16.7. The Morgan fingerprint density at radius 1 is 0.829 bits per heavy atom. The Morgan fingerprint density at radius 3 is 1.71 bits per heavy atom. The third-order valence-electron chi connectivity index (χ3n) is 6.25. The summed E-state index contributed by atoms with van der Waals surface area (Å²) in [5, 5.41) is 3.72. The molecule has 5 heteroatoms. The van der Waals surface area contributed by atoms with Crippen molar-refractivity contribution in [1.82, 2.24) is 5.32 Å². The van der Waals surface area contributed by atoms with E-state index in [1.807, 2.05) is 6.92 Å². The fourth-order valence-electron chi connectivity index (χ4n) is 4.74. The molecule has 0 radical (unpaired) electrons. The molecule has 2 rings (SSSR count). The van der Waals surface area contributed by atoms with Gasteiger partial charge in [-0.05, 0) is 105 Å². The van der Waals surface area contributed by atoms with Crippen LogP contribution in [0.2, 0.25) is 0 Å². The standard InChI is InChI=1S/C30H43NO4/c1-9-11-12-13-14-26(19-27(32)35-10-2)31-28(24-15-20(3)29(33-7)21(4)16-24)25-17-22(5)30(34-8)23(6)18-25/h15-19,28,31H,9-14H2,1-8H3/b26-19+. The molecule has 35 heavy (non-hydrogen) atoms. The van der Waals surface area contributed by atoms with Crippen LogP contribution in [0.5, 0.6) is 11.5 Å². The smallest absolute Gasteiger partial charge is 0.332 e. The number of ether oxygens (including phenoxy) is 3. The van der Waals surface area contributed by atoms with Crippen molar-refractivity contribution >= 4 is 5.97 Å². The number of benzene rings is 2. The molecule has 0 amide bonds. The van der Waals surface area contributed by atoms with Gasteiger partial charge in [0.15, 0.2) is 0 Å². The van der Waals surface area contributed by atoms with Gasteiger partial charge in [0.2, 0.25) is 0 Å². The Bertz CT molecular complexity index is 920. The van der Waals surface area contributed by atoms with Crippen molar-refractivity contribution in [3.05, 3.63) is 69.4 Å². The first-order valence-electron chi connectivity index (χ1n) is 12.7. The third kappa shape index (κ3) is 7.78. The summed E-state index contributed by atoms with van der Waals surface area (Å²) in [5.74, 6) is 1.49. The summed E-state index contributed by atoms with van der Waals surface area (Å²) >= 11 is 0. The fourth-order valence-corrected chi connectivity index (χ4v) is 4.74. The van der Waals surface area contributed by atoms with E-state index < -0.39 is 0 Å². The molecule has 0 bridgehead atoms. The zero-order valence-corrected chi connectivity index (χ0v) is 22.8. The maximum atomic E-state index is 12.4. The van der Waals surface area contributed by atoms with Gasteiger partial charge in [0.05, 0.1) is 26.9 Å². The number of carbonyl (C=O) groups is 1. The maximum absolute atomic E-state index is 12.4. The molecule has 0 aliphatic rings. The summed E-state index contributed by atoms with van der Waals surface area (Å²) in [6, 6.07) is 8.51. The average molecular weight is 482 g/mol. The lowest BCUT2D eigenvalue weighted by Crippen LogP contribution is -2.24. The highest BCUT2D eigenvalue weighted by molar-refractivity contribution is 5.82. The van der Waals surface area contributed by atoms with Crippen LogP contribution in [0.3, 0.4) is 0 Å². The summed E-state index contributed by atoms with van der Waals surface area (Å²) in [4.78, 5) is 12.4. The summed E-state index contributed by atoms with van der Waals surface area (Å²) < 4.78 is 16.5. The third-order valence-corrected chi connectivity index (χ3v) is 6.25. The quantitative estimate of drug-likeness (QED) is 0.189. The maximum Gasteiger partial charge on any atom is 0.332 e. The molecule has 0 unspecified atom stereocenters. The van der Waals surface area contributed by atoms with E-state index in [4.69, 9.17) is 14.2 Å². The van der Waals surface area contributed by atoms with Gasteiger partial charge in [0.25, 0.3) is 0 Å². The Morgan fingerprint density at radius 2 is 1.31 bits per heavy atom. The van der Waals surface area contributed by atoms with Crippen LogP contribution in [0.1, 0.15) is 85.4 Å². The second-order valence-corrected chi connectivity index (χ2v) is 9.19. The zero-order chi connectivity index (χ0) is 26.0. The summed E-state index contributed by atoms with van der Waals surface area (Å²) in [6.45, 7) is 12.7. The second kappa shape index (κ2) is 13.8. The molecule has 0 spiro atoms. The number of nitrogens with one attached hydrogen (secondary N) is 1. The number of unbranched alkanes of at least 4 members (excludes halogenated alkanes) is 3. The minimum absolute atomic E-state index is 0.145. The molecule has 0 atom stereocenters. The summed E-state index contributed by atoms with van der Waals surface area (Å²) in [5.41, 5.74) is 7.44. The lowest BCUT2D eigenvalue weighted by atomic mass is 9.92. The van der Waals surface area contributed by atoms with E-state index >= 15 is 0 Å². The molecule has 0 aromatic heterocycles. The van der Waals surface area contributed by atoms with Gasteiger partial charge in [-0.15, -0.1) is 0 Å². The van der Waals surface area contributed by atoms with Gasteiger partial charge in [-0.3, -0.25) is 0 Å². The number of esters is 1. The van der Waals surface area contributed by atoms with E-state index in [1.165, 1.54) is 12.8 Å². The summed E-state index contributed by atoms with van der Waals surface area (Å²) in [7, 11) is 3.41. The molecule has 0 saturated heterocycles. The molecule has 0 fully saturated rings. The van der Waals surface area contributed by atoms with Crippen LogP contribution in [0.15, 0.2) is 36.0 Å². The number of carbonyl (C=O) groups excluding carboxylic acids is 1. The van der Waals surface area contributed by atoms with Crippen LogP contribution in [0.25, 0.3) is 0 Å². The lowest BCUT2D eigenvalue weighted by Gasteiger charge is -2.26. The summed E-state index contributed by atoms with van der Waals surface area (Å²) in [6.07, 6.45) is 6.91. The number of methoxy groups -OCH3 is 2. The Labute approximate surface area is 211 Å². The molecule has 0 heterocycles. The van der Waals surface area contributed by atoms with Gasteiger partial charge in [0, 0.05) is 11.8 Å². The van der Waals surface area contributed by atoms with Crippen LogP contribution in [-0.2, 0) is 9.53 Å². The molecular weight excluding hydrogens is 438 g/mol. The number of hydrogen-bond acceptors (Lipinski definition) is 5. The number of allylic oxidation sites excluding steroid dienone is 1. The van der Waals surface area contributed by atoms with Gasteiger partial charge in [0.1, 0.15) is 11.5 Å². The lowest BCUT2D eigenvalue weighted by molar-refractivity contribution is -0.137. The Balaban J connectivity index is 2.58. The van der Waals surface area contributed by atoms with Crippen LogP contribution in [0, 0.1) is 27.7 Å². The highest BCUT2D eigenvalue weighted by Crippen LogP contribution is 2.34. The van der Waals surface area contributed by atoms with Crippen molar-refractivity contribution in [2.75, 3.05) is 20.8 Å². The van der Waals surface area contributed by atoms with Crippen LogP contribution in [-0.4, -0.2) is 26.8 Å². The second-order valence-electron chi connectivity index (χ2n) is 9.19. The number of rotatable bonds is 13. The predicted molar refractivity (Wildman–Crippen MR) is 143 cm³/mol. The highest BCUT2D eigenvalue weighted by atomic mass is 16.5. The fraction of sp³-hybridized carbons (Fsp3) is 0.500. The molecule has 2 aromatic carbocycles. The van der Waals surface area contributed by atoms with Crippen molar-refractivity contribution in [2.24, 2.45) is 0 Å². The van der Waals surface area contributed by atoms with E-state index in [-0.39, 0.29) is 12.0 Å². The predicted octanol–water partition coefficient (Wildman–Crippen LogP) is 7.03. The SMILES string of the molecule is CCCCCC/C(=C\C(=O)OCC)NC(c1cc(C)c(OC)c(C)c1)c1cc(C)c(OC)c(C)c1. The van der Waals surface area contributed by atoms with Crippen LogP contribution in [0.4, 0.5) is 0 Å². The minimum Gasteiger partial charge on any atom is -0.496 e. The molecule has 0 saturated carbocycles. The molecule has 0 aliphatic heterocycles.